The van der Waals surface area contributed by atoms with E-state index >= 15 is 0 Å². The molecule has 0 saturated carbocycles. The Hall–Kier alpha value is -1.44. The molecule has 0 spiro atoms. The molecule has 0 N–H and O–H groups in total. The molecule has 0 radical (unpaired) electrons. The lowest BCUT2D eigenvalue weighted by atomic mass is 9.74. The minimum Gasteiger partial charge on any atom is -0.457 e. The number of likely N-dealkylation sites (tertiary alicyclic amines) is 1. The Morgan fingerprint density at radius 1 is 1.38 bits per heavy atom. The summed E-state index contributed by atoms with van der Waals surface area (Å²) in [6, 6.07) is 0.0113. The molecule has 6 nitrogen and oxygen atoms in total. The molecule has 2 saturated heterocycles. The van der Waals surface area contributed by atoms with Gasteiger partial charge in [-0.3, -0.25) is 4.79 Å². The molecular weight excluding hydrogens is 384 g/mol. The molecule has 0 unspecified atom stereocenters. The lowest BCUT2D eigenvalue weighted by Crippen LogP contribution is -2.65. The largest absolute Gasteiger partial charge is 0.457 e. The number of ether oxygens (including phenoxy) is 1. The first-order valence-corrected chi connectivity index (χ1v) is 13.5. The number of hydrogen-bond donors (Lipinski definition) is 0. The second kappa shape index (κ2) is 7.67. The lowest BCUT2D eigenvalue weighted by Gasteiger charge is -2.51. The summed E-state index contributed by atoms with van der Waals surface area (Å²) < 4.78 is 11.9. The topological polar surface area (TPSA) is 59.1 Å². The predicted octanol–water partition coefficient (Wildman–Crippen LogP) is 3.17. The van der Waals surface area contributed by atoms with Crippen molar-refractivity contribution in [3.63, 3.8) is 0 Å². The number of esters is 1. The van der Waals surface area contributed by atoms with Gasteiger partial charge in [0.15, 0.2) is 8.32 Å². The highest BCUT2D eigenvalue weighted by atomic mass is 28.4. The van der Waals surface area contributed by atoms with Gasteiger partial charge in [-0.25, -0.2) is 4.79 Å². The van der Waals surface area contributed by atoms with Crippen LogP contribution in [0.3, 0.4) is 0 Å². The van der Waals surface area contributed by atoms with Gasteiger partial charge in [0.25, 0.3) is 0 Å². The zero-order valence-corrected chi connectivity index (χ0v) is 19.9. The molecule has 0 aromatic rings. The molecular formula is C22H36N2O4Si. The summed E-state index contributed by atoms with van der Waals surface area (Å²) in [5.41, 5.74) is 1.52. The molecule has 3 heterocycles. The Labute approximate surface area is 176 Å². The third-order valence-corrected chi connectivity index (χ3v) is 11.7. The summed E-state index contributed by atoms with van der Waals surface area (Å²) >= 11 is 0. The van der Waals surface area contributed by atoms with E-state index in [2.05, 4.69) is 45.3 Å². The number of β-lactam (4-membered cyclic amide) rings is 1. The van der Waals surface area contributed by atoms with Crippen molar-refractivity contribution in [2.45, 2.75) is 64.4 Å². The van der Waals surface area contributed by atoms with Crippen LogP contribution >= 0.6 is 0 Å². The summed E-state index contributed by atoms with van der Waals surface area (Å²) in [6.45, 7) is 18.5. The molecule has 162 valence electrons. The van der Waals surface area contributed by atoms with Crippen LogP contribution in [0.4, 0.5) is 0 Å². The van der Waals surface area contributed by atoms with E-state index in [9.17, 15) is 9.59 Å². The maximum absolute atomic E-state index is 13.2. The number of carbonyl (C=O) groups excluding carboxylic acids is 2. The van der Waals surface area contributed by atoms with E-state index in [0.717, 1.165) is 18.5 Å². The Morgan fingerprint density at radius 2 is 2.03 bits per heavy atom. The number of nitrogens with zero attached hydrogens (tertiary/aromatic N) is 2. The van der Waals surface area contributed by atoms with Crippen LogP contribution in [-0.2, 0) is 18.8 Å². The maximum atomic E-state index is 13.2. The molecule has 3 aliphatic heterocycles. The van der Waals surface area contributed by atoms with Crippen LogP contribution in [0.25, 0.3) is 0 Å². The summed E-state index contributed by atoms with van der Waals surface area (Å²) in [6.07, 6.45) is 2.34. The first-order chi connectivity index (χ1) is 13.4. The van der Waals surface area contributed by atoms with Crippen molar-refractivity contribution in [2.75, 3.05) is 26.7 Å². The van der Waals surface area contributed by atoms with Crippen molar-refractivity contribution in [3.05, 3.63) is 23.9 Å². The number of hydrogen-bond acceptors (Lipinski definition) is 5. The fraction of sp³-hybridized carbons (Fsp3) is 0.727. The summed E-state index contributed by atoms with van der Waals surface area (Å²) in [7, 11) is 0.0566. The number of likely N-dealkylation sites (N-methyl/N-ethyl adjacent to an activating group) is 1. The average Bonchev–Trinajstić information content (AvgIpc) is 2.88. The van der Waals surface area contributed by atoms with Gasteiger partial charge in [-0.05, 0) is 50.6 Å². The molecule has 0 aliphatic carbocycles. The monoisotopic (exact) mass is 420 g/mol. The minimum absolute atomic E-state index is 0.00341. The first-order valence-electron chi connectivity index (χ1n) is 10.6. The predicted molar refractivity (Wildman–Crippen MR) is 116 cm³/mol. The van der Waals surface area contributed by atoms with E-state index in [1.165, 1.54) is 0 Å². The smallest absolute Gasteiger partial charge is 0.355 e. The molecule has 29 heavy (non-hydrogen) atoms. The highest BCUT2D eigenvalue weighted by molar-refractivity contribution is 6.74. The summed E-state index contributed by atoms with van der Waals surface area (Å²) in [5.74, 6) is -0.397. The van der Waals surface area contributed by atoms with Gasteiger partial charge in [0.05, 0.1) is 18.1 Å². The number of carbonyl (C=O) groups is 2. The number of fused-ring (bicyclic) bond motifs is 3. The quantitative estimate of drug-likeness (QED) is 0.286. The van der Waals surface area contributed by atoms with Crippen LogP contribution in [0.2, 0.25) is 18.1 Å². The second-order valence-electron chi connectivity index (χ2n) is 10.2. The van der Waals surface area contributed by atoms with E-state index < -0.39 is 14.3 Å². The molecule has 1 amide bonds. The zero-order chi connectivity index (χ0) is 21.7. The van der Waals surface area contributed by atoms with Gasteiger partial charge in [-0.2, -0.15) is 0 Å². The number of piperidine rings is 1. The van der Waals surface area contributed by atoms with E-state index in [1.54, 1.807) is 11.0 Å². The van der Waals surface area contributed by atoms with E-state index in [1.807, 2.05) is 14.0 Å². The molecule has 3 aliphatic rings. The van der Waals surface area contributed by atoms with Gasteiger partial charge >= 0.3 is 5.97 Å². The third-order valence-electron chi connectivity index (χ3n) is 7.17. The molecule has 0 aromatic carbocycles. The van der Waals surface area contributed by atoms with E-state index in [0.29, 0.717) is 12.2 Å². The fourth-order valence-electron chi connectivity index (χ4n) is 4.65. The van der Waals surface area contributed by atoms with Gasteiger partial charge in [-0.15, -0.1) is 0 Å². The summed E-state index contributed by atoms with van der Waals surface area (Å²) in [4.78, 5) is 29.9. The van der Waals surface area contributed by atoms with E-state index in [4.69, 9.17) is 9.16 Å². The van der Waals surface area contributed by atoms with Crippen molar-refractivity contribution in [2.24, 2.45) is 11.8 Å². The Balaban J connectivity index is 1.86. The van der Waals surface area contributed by atoms with Crippen molar-refractivity contribution >= 4 is 20.2 Å². The molecule has 3 rings (SSSR count). The SMILES string of the molecule is C=CCOC(=O)C1=C2CN(C)CC[C@@H]2[C@@H]2[C@@H]([C@@H](C)O[Si](C)(C)C(C)(C)C)C(=O)N12. The van der Waals surface area contributed by atoms with Gasteiger partial charge < -0.3 is 19.0 Å². The minimum atomic E-state index is -1.99. The Morgan fingerprint density at radius 3 is 2.62 bits per heavy atom. The van der Waals surface area contributed by atoms with Crippen LogP contribution in [0, 0.1) is 11.8 Å². The lowest BCUT2D eigenvalue weighted by molar-refractivity contribution is -0.163. The van der Waals surface area contributed by atoms with Gasteiger partial charge in [0.1, 0.15) is 12.3 Å². The number of amides is 1. The fourth-order valence-corrected chi connectivity index (χ4v) is 6.08. The third kappa shape index (κ3) is 3.73. The average molecular weight is 421 g/mol. The van der Waals surface area contributed by atoms with Crippen LogP contribution in [-0.4, -0.2) is 68.9 Å². The van der Waals surface area contributed by atoms with Gasteiger partial charge in [0, 0.05) is 12.5 Å². The van der Waals surface area contributed by atoms with Gasteiger partial charge in [-0.1, -0.05) is 33.4 Å². The number of rotatable bonds is 6. The normalized spacial score (nSPS) is 28.6. The van der Waals surface area contributed by atoms with Crippen LogP contribution in [0.15, 0.2) is 23.9 Å². The maximum Gasteiger partial charge on any atom is 0.355 e. The molecule has 0 aromatic heterocycles. The summed E-state index contributed by atoms with van der Waals surface area (Å²) in [5, 5.41) is 0.0834. The van der Waals surface area contributed by atoms with Gasteiger partial charge in [0.2, 0.25) is 5.91 Å². The Bertz CT molecular complexity index is 740. The van der Waals surface area contributed by atoms with Crippen LogP contribution in [0.1, 0.15) is 34.1 Å². The second-order valence-corrected chi connectivity index (χ2v) is 15.0. The van der Waals surface area contributed by atoms with Crippen molar-refractivity contribution < 1.29 is 18.8 Å². The molecule has 4 atom stereocenters. The molecule has 2 fully saturated rings. The van der Waals surface area contributed by atoms with Crippen LogP contribution < -0.4 is 0 Å². The van der Waals surface area contributed by atoms with Crippen molar-refractivity contribution in [1.82, 2.24) is 9.80 Å². The first kappa shape index (κ1) is 22.2. The van der Waals surface area contributed by atoms with Crippen molar-refractivity contribution in [3.8, 4) is 0 Å². The van der Waals surface area contributed by atoms with Crippen LogP contribution in [0.5, 0.6) is 0 Å². The highest BCUT2D eigenvalue weighted by Crippen LogP contribution is 2.51. The molecule has 7 heteroatoms. The van der Waals surface area contributed by atoms with E-state index in [-0.39, 0.29) is 41.5 Å². The Kier molecular flexibility index (Phi) is 5.88. The highest BCUT2D eigenvalue weighted by Gasteiger charge is 2.62. The van der Waals surface area contributed by atoms with Crippen molar-refractivity contribution in [1.29, 1.82) is 0 Å². The standard InChI is InChI=1S/C22H36N2O4Si/c1-9-12-27-21(26)19-16-13-23(6)11-10-15(16)18-17(20(25)24(18)19)14(2)28-29(7,8)22(3,4)5/h9,14-15,17-18H,1,10-13H2,2-8H3/t14-,15+,17-,18-/m1/s1. The molecule has 0 bridgehead atoms. The zero-order valence-electron chi connectivity index (χ0n) is 18.9.